The van der Waals surface area contributed by atoms with Gasteiger partial charge in [-0.3, -0.25) is 0 Å². The van der Waals surface area contributed by atoms with Gasteiger partial charge in [0.05, 0.1) is 0 Å². The maximum absolute atomic E-state index is 4.02. The Bertz CT molecular complexity index is 246. The average molecular weight is 237 g/mol. The van der Waals surface area contributed by atoms with Crippen molar-refractivity contribution in [1.82, 2.24) is 5.32 Å². The highest BCUT2D eigenvalue weighted by atomic mass is 15.0. The normalized spacial score (nSPS) is 42.4. The van der Waals surface area contributed by atoms with E-state index in [0.29, 0.717) is 5.41 Å². The Morgan fingerprint density at radius 3 is 2.41 bits per heavy atom. The van der Waals surface area contributed by atoms with Crippen molar-refractivity contribution >= 4 is 0 Å². The molecule has 0 spiro atoms. The van der Waals surface area contributed by atoms with Gasteiger partial charge in [-0.05, 0) is 49.4 Å². The third-order valence-electron chi connectivity index (χ3n) is 5.35. The van der Waals surface area contributed by atoms with E-state index in [1.807, 2.05) is 0 Å². The van der Waals surface area contributed by atoms with Gasteiger partial charge in [0.1, 0.15) is 0 Å². The summed E-state index contributed by atoms with van der Waals surface area (Å²) in [5.41, 5.74) is 0.515. The van der Waals surface area contributed by atoms with Gasteiger partial charge < -0.3 is 5.32 Å². The molecule has 2 saturated carbocycles. The molecule has 0 heterocycles. The SMILES string of the molecule is CC1CCC(NC2CCCCC2(C)C)C(C)C1. The molecule has 0 aromatic heterocycles. The summed E-state index contributed by atoms with van der Waals surface area (Å²) in [6.07, 6.45) is 9.91. The van der Waals surface area contributed by atoms with Crippen molar-refractivity contribution < 1.29 is 0 Å². The lowest BCUT2D eigenvalue weighted by Crippen LogP contribution is -2.51. The van der Waals surface area contributed by atoms with Crippen LogP contribution in [-0.4, -0.2) is 12.1 Å². The minimum Gasteiger partial charge on any atom is -0.310 e. The van der Waals surface area contributed by atoms with E-state index < -0.39 is 0 Å². The zero-order valence-electron chi connectivity index (χ0n) is 12.3. The van der Waals surface area contributed by atoms with E-state index in [2.05, 4.69) is 33.0 Å². The van der Waals surface area contributed by atoms with E-state index in [-0.39, 0.29) is 0 Å². The van der Waals surface area contributed by atoms with E-state index in [0.717, 1.165) is 23.9 Å². The summed E-state index contributed by atoms with van der Waals surface area (Å²) in [6.45, 7) is 9.78. The van der Waals surface area contributed by atoms with E-state index in [4.69, 9.17) is 0 Å². The molecule has 2 aliphatic carbocycles. The topological polar surface area (TPSA) is 12.0 Å². The molecule has 17 heavy (non-hydrogen) atoms. The molecule has 0 aliphatic heterocycles. The number of rotatable bonds is 2. The molecule has 0 aromatic rings. The highest BCUT2D eigenvalue weighted by molar-refractivity contribution is 4.92. The predicted molar refractivity (Wildman–Crippen MR) is 75.1 cm³/mol. The Balaban J connectivity index is 1.91. The monoisotopic (exact) mass is 237 g/mol. The van der Waals surface area contributed by atoms with Gasteiger partial charge in [0.25, 0.3) is 0 Å². The van der Waals surface area contributed by atoms with Gasteiger partial charge in [0, 0.05) is 12.1 Å². The lowest BCUT2D eigenvalue weighted by atomic mass is 9.71. The molecule has 0 bridgehead atoms. The molecule has 4 atom stereocenters. The molecule has 2 fully saturated rings. The zero-order chi connectivity index (χ0) is 12.5. The number of hydrogen-bond acceptors (Lipinski definition) is 1. The third-order valence-corrected chi connectivity index (χ3v) is 5.35. The lowest BCUT2D eigenvalue weighted by Gasteiger charge is -2.44. The second-order valence-corrected chi connectivity index (χ2v) is 7.46. The first-order valence-corrected chi connectivity index (χ1v) is 7.75. The molecule has 1 heteroatoms. The Hall–Kier alpha value is -0.0400. The Labute approximate surface area is 108 Å². The molecule has 2 rings (SSSR count). The average Bonchev–Trinajstić information content (AvgIpc) is 2.24. The standard InChI is InChI=1S/C16H31N/c1-12-8-9-14(13(2)11-12)17-15-7-5-6-10-16(15,3)4/h12-15,17H,5-11H2,1-4H3. The fraction of sp³-hybridized carbons (Fsp3) is 1.00. The van der Waals surface area contributed by atoms with Gasteiger partial charge in [-0.1, -0.05) is 40.5 Å². The third kappa shape index (κ3) is 3.24. The van der Waals surface area contributed by atoms with Crippen molar-refractivity contribution in [2.75, 3.05) is 0 Å². The van der Waals surface area contributed by atoms with Crippen molar-refractivity contribution in [3.05, 3.63) is 0 Å². The first kappa shape index (κ1) is 13.4. The van der Waals surface area contributed by atoms with Crippen LogP contribution in [0.2, 0.25) is 0 Å². The second kappa shape index (κ2) is 5.30. The molecule has 1 N–H and O–H groups in total. The van der Waals surface area contributed by atoms with Crippen LogP contribution in [0.1, 0.15) is 72.6 Å². The molecule has 0 aromatic carbocycles. The minimum absolute atomic E-state index is 0.515. The maximum Gasteiger partial charge on any atom is 0.0121 e. The van der Waals surface area contributed by atoms with Crippen molar-refractivity contribution in [3.63, 3.8) is 0 Å². The molecule has 100 valence electrons. The Morgan fingerprint density at radius 2 is 1.76 bits per heavy atom. The van der Waals surface area contributed by atoms with Gasteiger partial charge in [-0.2, -0.15) is 0 Å². The highest BCUT2D eigenvalue weighted by Crippen LogP contribution is 2.37. The van der Waals surface area contributed by atoms with Crippen LogP contribution in [0.4, 0.5) is 0 Å². The summed E-state index contributed by atoms with van der Waals surface area (Å²) in [6, 6.07) is 1.55. The van der Waals surface area contributed by atoms with E-state index >= 15 is 0 Å². The van der Waals surface area contributed by atoms with Gasteiger partial charge in [0.15, 0.2) is 0 Å². The highest BCUT2D eigenvalue weighted by Gasteiger charge is 2.35. The van der Waals surface area contributed by atoms with E-state index in [9.17, 15) is 0 Å². The molecule has 0 radical (unpaired) electrons. The van der Waals surface area contributed by atoms with Crippen LogP contribution in [-0.2, 0) is 0 Å². The van der Waals surface area contributed by atoms with E-state index in [1.54, 1.807) is 0 Å². The van der Waals surface area contributed by atoms with Crippen LogP contribution in [0.5, 0.6) is 0 Å². The summed E-state index contributed by atoms with van der Waals surface area (Å²) in [5, 5.41) is 4.02. The molecular weight excluding hydrogens is 206 g/mol. The summed E-state index contributed by atoms with van der Waals surface area (Å²) < 4.78 is 0. The van der Waals surface area contributed by atoms with Crippen LogP contribution in [0.25, 0.3) is 0 Å². The second-order valence-electron chi connectivity index (χ2n) is 7.46. The quantitative estimate of drug-likeness (QED) is 0.752. The number of nitrogens with one attached hydrogen (secondary N) is 1. The van der Waals surface area contributed by atoms with Crippen LogP contribution >= 0.6 is 0 Å². The molecule has 2 aliphatic rings. The predicted octanol–water partition coefficient (Wildman–Crippen LogP) is 4.37. The van der Waals surface area contributed by atoms with Crippen molar-refractivity contribution in [3.8, 4) is 0 Å². The van der Waals surface area contributed by atoms with Gasteiger partial charge >= 0.3 is 0 Å². The molecule has 4 unspecified atom stereocenters. The van der Waals surface area contributed by atoms with Crippen LogP contribution in [0.15, 0.2) is 0 Å². The lowest BCUT2D eigenvalue weighted by molar-refractivity contribution is 0.122. The van der Waals surface area contributed by atoms with Gasteiger partial charge in [0.2, 0.25) is 0 Å². The summed E-state index contributed by atoms with van der Waals surface area (Å²) >= 11 is 0. The largest absolute Gasteiger partial charge is 0.310 e. The fourth-order valence-corrected chi connectivity index (χ4v) is 3.97. The summed E-state index contributed by atoms with van der Waals surface area (Å²) in [7, 11) is 0. The Morgan fingerprint density at radius 1 is 1.00 bits per heavy atom. The first-order chi connectivity index (χ1) is 7.99. The van der Waals surface area contributed by atoms with Crippen LogP contribution in [0, 0.1) is 17.3 Å². The first-order valence-electron chi connectivity index (χ1n) is 7.75. The number of hydrogen-bond donors (Lipinski definition) is 1. The van der Waals surface area contributed by atoms with Crippen molar-refractivity contribution in [1.29, 1.82) is 0 Å². The summed E-state index contributed by atoms with van der Waals surface area (Å²) in [5.74, 6) is 1.82. The Kier molecular flexibility index (Phi) is 4.18. The van der Waals surface area contributed by atoms with Gasteiger partial charge in [-0.25, -0.2) is 0 Å². The molecule has 0 saturated heterocycles. The van der Waals surface area contributed by atoms with Crippen LogP contribution in [0.3, 0.4) is 0 Å². The minimum atomic E-state index is 0.515. The molecule has 1 nitrogen and oxygen atoms in total. The zero-order valence-corrected chi connectivity index (χ0v) is 12.3. The van der Waals surface area contributed by atoms with Crippen molar-refractivity contribution in [2.45, 2.75) is 84.7 Å². The summed E-state index contributed by atoms with van der Waals surface area (Å²) in [4.78, 5) is 0. The van der Waals surface area contributed by atoms with Crippen LogP contribution < -0.4 is 5.32 Å². The smallest absolute Gasteiger partial charge is 0.0121 e. The van der Waals surface area contributed by atoms with Crippen molar-refractivity contribution in [2.24, 2.45) is 17.3 Å². The van der Waals surface area contributed by atoms with Gasteiger partial charge in [-0.15, -0.1) is 0 Å². The fourth-order valence-electron chi connectivity index (χ4n) is 3.97. The maximum atomic E-state index is 4.02. The molecular formula is C16H31N. The van der Waals surface area contributed by atoms with E-state index in [1.165, 1.54) is 44.9 Å². The molecule has 0 amide bonds.